The highest BCUT2D eigenvalue weighted by atomic mass is 16.3. The summed E-state index contributed by atoms with van der Waals surface area (Å²) in [6, 6.07) is 60.0. The summed E-state index contributed by atoms with van der Waals surface area (Å²) in [5.41, 5.74) is 10.6. The van der Waals surface area contributed by atoms with Crippen LogP contribution in [0.5, 0.6) is 0 Å². The van der Waals surface area contributed by atoms with E-state index < -0.39 is 0 Å². The third kappa shape index (κ3) is 5.13. The van der Waals surface area contributed by atoms with Gasteiger partial charge in [-0.3, -0.25) is 0 Å². The molecule has 0 aliphatic heterocycles. The van der Waals surface area contributed by atoms with Crippen molar-refractivity contribution < 1.29 is 4.42 Å². The molecule has 0 unspecified atom stereocenters. The highest BCUT2D eigenvalue weighted by Gasteiger charge is 2.21. The highest BCUT2D eigenvalue weighted by molar-refractivity contribution is 6.14. The van der Waals surface area contributed by atoms with Crippen LogP contribution in [-0.2, 0) is 0 Å². The summed E-state index contributed by atoms with van der Waals surface area (Å²) in [6.07, 6.45) is 0. The first-order valence-electron chi connectivity index (χ1n) is 17.2. The number of aromatic nitrogens is 5. The Hall–Kier alpha value is -7.18. The maximum absolute atomic E-state index is 6.25. The van der Waals surface area contributed by atoms with Gasteiger partial charge in [0.15, 0.2) is 23.1 Å². The molecule has 10 aromatic rings. The van der Waals surface area contributed by atoms with E-state index in [0.29, 0.717) is 23.4 Å². The second-order valence-corrected chi connectivity index (χ2v) is 12.7. The minimum absolute atomic E-state index is 0.614. The predicted octanol–water partition coefficient (Wildman–Crippen LogP) is 11.4. The normalized spacial score (nSPS) is 11.5. The van der Waals surface area contributed by atoms with Crippen molar-refractivity contribution in [1.82, 2.24) is 24.5 Å². The Morgan fingerprint density at radius 1 is 0.404 bits per heavy atom. The zero-order valence-corrected chi connectivity index (χ0v) is 27.9. The number of benzene rings is 7. The number of hydrogen-bond donors (Lipinski definition) is 0. The fourth-order valence-electron chi connectivity index (χ4n) is 7.01. The summed E-state index contributed by atoms with van der Waals surface area (Å²) in [6.45, 7) is 0. The van der Waals surface area contributed by atoms with E-state index in [0.717, 1.165) is 72.0 Å². The Morgan fingerprint density at radius 2 is 0.981 bits per heavy atom. The Bertz CT molecular complexity index is 2820. The van der Waals surface area contributed by atoms with Gasteiger partial charge in [0.2, 0.25) is 5.89 Å². The van der Waals surface area contributed by atoms with Crippen LogP contribution in [0.3, 0.4) is 0 Å². The maximum atomic E-state index is 6.25. The minimum Gasteiger partial charge on any atom is -0.436 e. The van der Waals surface area contributed by atoms with Crippen molar-refractivity contribution in [2.75, 3.05) is 0 Å². The van der Waals surface area contributed by atoms with E-state index in [9.17, 15) is 0 Å². The van der Waals surface area contributed by atoms with Crippen LogP contribution in [0.1, 0.15) is 0 Å². The van der Waals surface area contributed by atoms with Crippen LogP contribution < -0.4 is 0 Å². The van der Waals surface area contributed by atoms with E-state index in [1.807, 2.05) is 103 Å². The summed E-state index contributed by atoms with van der Waals surface area (Å²) < 4.78 is 8.57. The quantitative estimate of drug-likeness (QED) is 0.176. The van der Waals surface area contributed by atoms with Crippen LogP contribution in [-0.4, -0.2) is 24.5 Å². The molecule has 0 N–H and O–H groups in total. The van der Waals surface area contributed by atoms with Gasteiger partial charge in [-0.05, 0) is 65.7 Å². The van der Waals surface area contributed by atoms with E-state index in [-0.39, 0.29) is 0 Å². The van der Waals surface area contributed by atoms with Gasteiger partial charge in [-0.2, -0.15) is 0 Å². The van der Waals surface area contributed by atoms with Crippen LogP contribution in [0.25, 0.3) is 95.3 Å². The molecule has 0 saturated heterocycles. The number of rotatable bonds is 6. The predicted molar refractivity (Wildman–Crippen MR) is 209 cm³/mol. The molecule has 0 saturated carbocycles. The Morgan fingerprint density at radius 3 is 1.65 bits per heavy atom. The molecule has 10 rings (SSSR count). The summed E-state index contributed by atoms with van der Waals surface area (Å²) >= 11 is 0. The van der Waals surface area contributed by atoms with Crippen molar-refractivity contribution in [3.8, 4) is 62.4 Å². The molecular weight excluding hydrogens is 639 g/mol. The molecule has 7 aromatic carbocycles. The fourth-order valence-corrected chi connectivity index (χ4v) is 7.01. The van der Waals surface area contributed by atoms with Crippen molar-refractivity contribution in [3.05, 3.63) is 176 Å². The standard InChI is InChI=1S/C46H29N5O/c1-5-14-30(15-6-1)43-48-44(31-16-7-2-8-17-31)50-45(49-43)37-23-13-22-36-38-28-33(25-27-40(38)51(42(36)37)35-20-11-4-12-21-35)34-24-26-39-41(29-34)52-46(47-39)32-18-9-3-10-19-32/h1-29H. The number of fused-ring (bicyclic) bond motifs is 4. The first-order valence-corrected chi connectivity index (χ1v) is 17.2. The van der Waals surface area contributed by atoms with Gasteiger partial charge in [-0.15, -0.1) is 0 Å². The topological polar surface area (TPSA) is 69.6 Å². The van der Waals surface area contributed by atoms with E-state index in [1.54, 1.807) is 0 Å². The lowest BCUT2D eigenvalue weighted by Gasteiger charge is -2.12. The zero-order chi connectivity index (χ0) is 34.4. The van der Waals surface area contributed by atoms with Gasteiger partial charge in [0.25, 0.3) is 0 Å². The van der Waals surface area contributed by atoms with Crippen LogP contribution in [0, 0.1) is 0 Å². The zero-order valence-electron chi connectivity index (χ0n) is 27.9. The lowest BCUT2D eigenvalue weighted by molar-refractivity contribution is 0.620. The largest absolute Gasteiger partial charge is 0.436 e. The number of nitrogens with zero attached hydrogens (tertiary/aromatic N) is 5. The molecule has 0 spiro atoms. The van der Waals surface area contributed by atoms with Gasteiger partial charge >= 0.3 is 0 Å². The summed E-state index contributed by atoms with van der Waals surface area (Å²) in [5, 5.41) is 2.23. The van der Waals surface area contributed by atoms with Crippen molar-refractivity contribution in [1.29, 1.82) is 0 Å². The molecule has 0 radical (unpaired) electrons. The maximum Gasteiger partial charge on any atom is 0.227 e. The molecule has 0 atom stereocenters. The van der Waals surface area contributed by atoms with E-state index in [2.05, 4.69) is 77.4 Å². The van der Waals surface area contributed by atoms with Gasteiger partial charge < -0.3 is 8.98 Å². The number of para-hydroxylation sites is 2. The lowest BCUT2D eigenvalue weighted by atomic mass is 10.0. The molecule has 3 aromatic heterocycles. The van der Waals surface area contributed by atoms with Gasteiger partial charge in [0, 0.05) is 38.7 Å². The molecule has 52 heavy (non-hydrogen) atoms. The molecule has 3 heterocycles. The second-order valence-electron chi connectivity index (χ2n) is 12.7. The average Bonchev–Trinajstić information content (AvgIpc) is 3.81. The van der Waals surface area contributed by atoms with Crippen molar-refractivity contribution in [2.24, 2.45) is 0 Å². The molecule has 0 aliphatic carbocycles. The summed E-state index contributed by atoms with van der Waals surface area (Å²) in [5.74, 6) is 2.49. The number of oxazole rings is 1. The summed E-state index contributed by atoms with van der Waals surface area (Å²) in [7, 11) is 0. The summed E-state index contributed by atoms with van der Waals surface area (Å²) in [4.78, 5) is 19.9. The minimum atomic E-state index is 0.614. The van der Waals surface area contributed by atoms with Crippen molar-refractivity contribution in [2.45, 2.75) is 0 Å². The van der Waals surface area contributed by atoms with Gasteiger partial charge in [-0.1, -0.05) is 121 Å². The van der Waals surface area contributed by atoms with Gasteiger partial charge in [0.1, 0.15) is 5.52 Å². The van der Waals surface area contributed by atoms with Gasteiger partial charge in [-0.25, -0.2) is 19.9 Å². The Balaban J connectivity index is 1.19. The van der Waals surface area contributed by atoms with Crippen molar-refractivity contribution >= 4 is 32.9 Å². The molecule has 0 aliphatic rings. The smallest absolute Gasteiger partial charge is 0.227 e. The monoisotopic (exact) mass is 667 g/mol. The Labute approximate surface area is 299 Å². The SMILES string of the molecule is c1ccc(-c2nc(-c3ccccc3)nc(-c3cccc4c5cc(-c6ccc7nc(-c8ccccc8)oc7c6)ccc5n(-c5ccccc5)c34)n2)cc1. The average molecular weight is 668 g/mol. The molecule has 244 valence electrons. The number of hydrogen-bond acceptors (Lipinski definition) is 5. The lowest BCUT2D eigenvalue weighted by Crippen LogP contribution is -2.02. The Kier molecular flexibility index (Phi) is 7.03. The molecular formula is C46H29N5O. The molecule has 0 fully saturated rings. The highest BCUT2D eigenvalue weighted by Crippen LogP contribution is 2.40. The molecule has 6 nitrogen and oxygen atoms in total. The van der Waals surface area contributed by atoms with E-state index in [4.69, 9.17) is 24.4 Å². The first kappa shape index (κ1) is 29.7. The molecule has 0 amide bonds. The third-order valence-corrected chi connectivity index (χ3v) is 9.48. The van der Waals surface area contributed by atoms with Crippen LogP contribution >= 0.6 is 0 Å². The van der Waals surface area contributed by atoms with E-state index in [1.165, 1.54) is 0 Å². The fraction of sp³-hybridized carbons (Fsp3) is 0. The second kappa shape index (κ2) is 12.3. The van der Waals surface area contributed by atoms with Crippen LogP contribution in [0.2, 0.25) is 0 Å². The molecule has 0 bridgehead atoms. The van der Waals surface area contributed by atoms with Crippen LogP contribution in [0.15, 0.2) is 180 Å². The third-order valence-electron chi connectivity index (χ3n) is 9.48. The van der Waals surface area contributed by atoms with Gasteiger partial charge in [0.05, 0.1) is 11.0 Å². The van der Waals surface area contributed by atoms with Crippen molar-refractivity contribution in [3.63, 3.8) is 0 Å². The van der Waals surface area contributed by atoms with E-state index >= 15 is 0 Å². The van der Waals surface area contributed by atoms with Crippen LogP contribution in [0.4, 0.5) is 0 Å². The first-order chi connectivity index (χ1) is 25.8. The molecule has 6 heteroatoms.